The molecule has 280 valence electrons. The van der Waals surface area contributed by atoms with Crippen LogP contribution in [0.4, 0.5) is 4.79 Å². The second kappa shape index (κ2) is 22.2. The normalized spacial score (nSPS) is 20.0. The van der Waals surface area contributed by atoms with Gasteiger partial charge in [0.1, 0.15) is 12.1 Å². The van der Waals surface area contributed by atoms with E-state index in [4.69, 9.17) is 0 Å². The number of amides is 5. The zero-order chi connectivity index (χ0) is 36.4. The Morgan fingerprint density at radius 3 is 2.20 bits per heavy atom. The first-order chi connectivity index (χ1) is 23.5. The molecule has 0 radical (unpaired) electrons. The van der Waals surface area contributed by atoms with Crippen molar-refractivity contribution in [2.75, 3.05) is 39.0 Å². The van der Waals surface area contributed by atoms with Crippen LogP contribution in [0.5, 0.6) is 0 Å². The van der Waals surface area contributed by atoms with Crippen LogP contribution in [0.15, 0.2) is 12.7 Å². The number of nitrogens with two attached hydrogens (primary N) is 1. The van der Waals surface area contributed by atoms with Crippen molar-refractivity contribution >= 4 is 42.2 Å². The number of hydrogen-bond donors (Lipinski definition) is 7. The lowest BCUT2D eigenvalue weighted by Gasteiger charge is -2.37. The van der Waals surface area contributed by atoms with Crippen LogP contribution in [0, 0.1) is 17.3 Å². The van der Waals surface area contributed by atoms with Crippen LogP contribution >= 0.6 is 12.6 Å². The van der Waals surface area contributed by atoms with Gasteiger partial charge in [-0.25, -0.2) is 4.79 Å². The monoisotopic (exact) mass is 707 g/mol. The highest BCUT2D eigenvalue weighted by Gasteiger charge is 2.43. The van der Waals surface area contributed by atoms with E-state index in [-0.39, 0.29) is 30.4 Å². The van der Waals surface area contributed by atoms with Crippen molar-refractivity contribution in [3.05, 3.63) is 12.7 Å². The van der Waals surface area contributed by atoms with Crippen LogP contribution in [0.2, 0.25) is 0 Å². The number of nitrogens with one attached hydrogen (secondary N) is 5. The molecular formula is C36H65N7O5S. The summed E-state index contributed by atoms with van der Waals surface area (Å²) >= 11 is 4.29. The SMILES string of the molecule is C=CCNC(=O)C(=O)C(CC1CCC1)NC(=O)C1CCCN1C(=O)C(NC(=O)NC(CNCCCCS)C1CCCCC1)C(C)(C)C.CN. The number of carbonyl (C=O) groups excluding carboxylic acids is 5. The van der Waals surface area contributed by atoms with Gasteiger partial charge in [-0.15, -0.1) is 6.58 Å². The molecule has 0 aromatic heterocycles. The van der Waals surface area contributed by atoms with Crippen molar-refractivity contribution in [1.82, 2.24) is 31.5 Å². The first-order valence-electron chi connectivity index (χ1n) is 18.5. The summed E-state index contributed by atoms with van der Waals surface area (Å²) in [6.07, 6.45) is 13.6. The minimum atomic E-state index is -0.958. The summed E-state index contributed by atoms with van der Waals surface area (Å²) in [4.78, 5) is 68.4. The minimum Gasteiger partial charge on any atom is -0.346 e. The average Bonchev–Trinajstić information content (AvgIpc) is 3.57. The molecule has 3 aliphatic rings. The van der Waals surface area contributed by atoms with Gasteiger partial charge in [0.2, 0.25) is 17.6 Å². The summed E-state index contributed by atoms with van der Waals surface area (Å²) < 4.78 is 0. The number of Topliss-reactive ketones (excluding diaryl/α,β-unsaturated/α-hetero) is 1. The maximum atomic E-state index is 14.1. The van der Waals surface area contributed by atoms with Crippen molar-refractivity contribution in [1.29, 1.82) is 0 Å². The van der Waals surface area contributed by atoms with Gasteiger partial charge in [0, 0.05) is 25.7 Å². The summed E-state index contributed by atoms with van der Waals surface area (Å²) in [5.41, 5.74) is 3.87. The highest BCUT2D eigenvalue weighted by Crippen LogP contribution is 2.31. The largest absolute Gasteiger partial charge is 0.346 e. The summed E-state index contributed by atoms with van der Waals surface area (Å²) in [6, 6.07) is -3.06. The fraction of sp³-hybridized carbons (Fsp3) is 0.806. The fourth-order valence-electron chi connectivity index (χ4n) is 6.92. The van der Waals surface area contributed by atoms with Crippen LogP contribution < -0.4 is 32.3 Å². The Morgan fingerprint density at radius 1 is 0.918 bits per heavy atom. The Bertz CT molecular complexity index is 1070. The molecule has 0 spiro atoms. The fourth-order valence-corrected chi connectivity index (χ4v) is 7.15. The van der Waals surface area contributed by atoms with Crippen molar-refractivity contribution in [2.24, 2.45) is 23.0 Å². The van der Waals surface area contributed by atoms with Crippen molar-refractivity contribution in [3.8, 4) is 0 Å². The van der Waals surface area contributed by atoms with Crippen LogP contribution in [-0.4, -0.2) is 97.6 Å². The summed E-state index contributed by atoms with van der Waals surface area (Å²) in [7, 11) is 1.50. The molecule has 0 aromatic rings. The summed E-state index contributed by atoms with van der Waals surface area (Å²) in [5, 5.41) is 15.0. The molecule has 3 fully saturated rings. The maximum Gasteiger partial charge on any atom is 0.315 e. The Labute approximate surface area is 300 Å². The lowest BCUT2D eigenvalue weighted by molar-refractivity contribution is -0.144. The predicted octanol–water partition coefficient (Wildman–Crippen LogP) is 3.06. The number of ketones is 1. The molecule has 1 aliphatic heterocycles. The summed E-state index contributed by atoms with van der Waals surface area (Å²) in [5.74, 6) is -0.710. The molecular weight excluding hydrogens is 643 g/mol. The highest BCUT2D eigenvalue weighted by molar-refractivity contribution is 7.80. The first-order valence-corrected chi connectivity index (χ1v) is 19.1. The quantitative estimate of drug-likeness (QED) is 0.0496. The third kappa shape index (κ3) is 13.9. The van der Waals surface area contributed by atoms with Gasteiger partial charge >= 0.3 is 6.03 Å². The number of likely N-dealkylation sites (tertiary alicyclic amines) is 1. The molecule has 0 aromatic carbocycles. The number of nitrogens with zero attached hydrogens (tertiary/aromatic N) is 1. The lowest BCUT2D eigenvalue weighted by atomic mass is 9.80. The van der Waals surface area contributed by atoms with E-state index in [0.29, 0.717) is 38.3 Å². The molecule has 1 heterocycles. The molecule has 5 amide bonds. The van der Waals surface area contributed by atoms with E-state index in [1.54, 1.807) is 0 Å². The molecule has 2 saturated carbocycles. The molecule has 0 bridgehead atoms. The van der Waals surface area contributed by atoms with Gasteiger partial charge in [0.15, 0.2) is 0 Å². The van der Waals surface area contributed by atoms with E-state index < -0.39 is 41.1 Å². The van der Waals surface area contributed by atoms with Gasteiger partial charge in [-0.1, -0.05) is 65.4 Å². The van der Waals surface area contributed by atoms with Crippen molar-refractivity contribution in [3.63, 3.8) is 0 Å². The molecule has 4 unspecified atom stereocenters. The number of urea groups is 1. The van der Waals surface area contributed by atoms with Gasteiger partial charge in [-0.3, -0.25) is 19.2 Å². The number of thiol groups is 1. The molecule has 4 atom stereocenters. The third-order valence-electron chi connectivity index (χ3n) is 9.95. The second-order valence-electron chi connectivity index (χ2n) is 14.7. The zero-order valence-corrected chi connectivity index (χ0v) is 31.4. The minimum absolute atomic E-state index is 0.0545. The van der Waals surface area contributed by atoms with Crippen LogP contribution in [-0.2, 0) is 19.2 Å². The number of hydrogen-bond acceptors (Lipinski definition) is 8. The number of rotatable bonds is 18. The van der Waals surface area contributed by atoms with Gasteiger partial charge < -0.3 is 37.2 Å². The maximum absolute atomic E-state index is 14.1. The Hall–Kier alpha value is -2.64. The molecule has 13 heteroatoms. The van der Waals surface area contributed by atoms with Crippen LogP contribution in [0.25, 0.3) is 0 Å². The smallest absolute Gasteiger partial charge is 0.315 e. The first kappa shape index (κ1) is 42.5. The molecule has 7 N–H and O–H groups in total. The molecule has 1 saturated heterocycles. The molecule has 49 heavy (non-hydrogen) atoms. The van der Waals surface area contributed by atoms with E-state index in [1.165, 1.54) is 24.4 Å². The van der Waals surface area contributed by atoms with Gasteiger partial charge in [-0.05, 0) is 81.5 Å². The van der Waals surface area contributed by atoms with Gasteiger partial charge in [0.25, 0.3) is 5.91 Å². The Kier molecular flexibility index (Phi) is 19.3. The highest BCUT2D eigenvalue weighted by atomic mass is 32.1. The second-order valence-corrected chi connectivity index (χ2v) is 15.1. The molecule has 12 nitrogen and oxygen atoms in total. The lowest BCUT2D eigenvalue weighted by Crippen LogP contribution is -2.61. The van der Waals surface area contributed by atoms with Gasteiger partial charge in [-0.2, -0.15) is 12.6 Å². The Balaban J connectivity index is 0.00000409. The number of carbonyl (C=O) groups is 5. The number of unbranched alkanes of at least 4 members (excludes halogenated alkanes) is 1. The average molecular weight is 708 g/mol. The van der Waals surface area contributed by atoms with E-state index in [2.05, 4.69) is 51.5 Å². The Morgan fingerprint density at radius 2 is 1.61 bits per heavy atom. The molecule has 3 rings (SSSR count). The standard InChI is InChI=1S/C35H60N6O5S.CH5N/c1-5-18-37-32(44)29(42)26(22-24-13-11-14-24)38-31(43)28-17-12-20-41(28)33(45)30(35(2,3)4)40-34(46)39-27(23-36-19-9-10-21-47)25-15-7-6-8-16-25;1-2/h5,24-28,30,36,47H,1,6-23H2,2-4H3,(H,37,44)(H,38,43)(H2,39,40,46);2H2,1H3. The zero-order valence-electron chi connectivity index (χ0n) is 30.5. The van der Waals surface area contributed by atoms with E-state index >= 15 is 0 Å². The molecule has 2 aliphatic carbocycles. The van der Waals surface area contributed by atoms with Crippen molar-refractivity contribution in [2.45, 2.75) is 128 Å². The van der Waals surface area contributed by atoms with Gasteiger partial charge in [0.05, 0.1) is 6.04 Å². The van der Waals surface area contributed by atoms with Crippen LogP contribution in [0.3, 0.4) is 0 Å². The third-order valence-corrected chi connectivity index (χ3v) is 10.3. The summed E-state index contributed by atoms with van der Waals surface area (Å²) in [6.45, 7) is 11.3. The predicted molar refractivity (Wildman–Crippen MR) is 198 cm³/mol. The van der Waals surface area contributed by atoms with E-state index in [9.17, 15) is 24.0 Å². The topological polar surface area (TPSA) is 175 Å². The van der Waals surface area contributed by atoms with E-state index in [1.807, 2.05) is 20.8 Å². The van der Waals surface area contributed by atoms with Crippen molar-refractivity contribution < 1.29 is 24.0 Å². The van der Waals surface area contributed by atoms with E-state index in [0.717, 1.165) is 70.1 Å². The van der Waals surface area contributed by atoms with Crippen LogP contribution in [0.1, 0.15) is 104 Å².